The van der Waals surface area contributed by atoms with Gasteiger partial charge >= 0.3 is 5.97 Å². The minimum absolute atomic E-state index is 0.209. The monoisotopic (exact) mass is 407 g/mol. The van der Waals surface area contributed by atoms with Crippen molar-refractivity contribution in [1.29, 1.82) is 0 Å². The Morgan fingerprint density at radius 2 is 1.72 bits per heavy atom. The van der Waals surface area contributed by atoms with Gasteiger partial charge in [0.1, 0.15) is 16.9 Å². The van der Waals surface area contributed by atoms with Gasteiger partial charge in [0.25, 0.3) is 5.91 Å². The first-order valence-corrected chi connectivity index (χ1v) is 10.8. The summed E-state index contributed by atoms with van der Waals surface area (Å²) in [5.41, 5.74) is -0.0869. The van der Waals surface area contributed by atoms with Crippen LogP contribution >= 0.6 is 0 Å². The summed E-state index contributed by atoms with van der Waals surface area (Å²) in [6.45, 7) is 11.0. The van der Waals surface area contributed by atoms with E-state index in [-0.39, 0.29) is 12.5 Å². The molecule has 0 aromatic heterocycles. The number of ether oxygens (including phenoxy) is 3. The summed E-state index contributed by atoms with van der Waals surface area (Å²) < 4.78 is 16.7. The molecule has 1 amide bonds. The number of carbonyl (C=O) groups excluding carboxylic acids is 2. The van der Waals surface area contributed by atoms with E-state index in [4.69, 9.17) is 14.2 Å². The van der Waals surface area contributed by atoms with E-state index in [0.717, 1.165) is 32.1 Å². The molecule has 164 valence electrons. The molecule has 1 N–H and O–H groups in total. The van der Waals surface area contributed by atoms with Gasteiger partial charge in [0.15, 0.2) is 0 Å². The first-order valence-electron chi connectivity index (χ1n) is 10.8. The van der Waals surface area contributed by atoms with E-state index in [1.165, 1.54) is 0 Å². The third-order valence-corrected chi connectivity index (χ3v) is 4.56. The predicted molar refractivity (Wildman–Crippen MR) is 116 cm³/mol. The summed E-state index contributed by atoms with van der Waals surface area (Å²) in [4.78, 5) is 25.4. The Morgan fingerprint density at radius 3 is 2.34 bits per heavy atom. The maximum absolute atomic E-state index is 13.0. The van der Waals surface area contributed by atoms with E-state index in [2.05, 4.69) is 12.2 Å². The average Bonchev–Trinajstić information content (AvgIpc) is 2.71. The largest absolute Gasteiger partial charge is 0.493 e. The van der Waals surface area contributed by atoms with Gasteiger partial charge in [-0.15, -0.1) is 0 Å². The lowest BCUT2D eigenvalue weighted by atomic mass is 9.96. The number of hydrogen-bond donors (Lipinski definition) is 1. The molecule has 0 aliphatic rings. The van der Waals surface area contributed by atoms with Gasteiger partial charge in [0.2, 0.25) is 0 Å². The molecule has 0 aliphatic heterocycles. The number of carbonyl (C=O) groups is 2. The normalized spacial score (nSPS) is 12.9. The molecule has 1 aromatic rings. The first-order chi connectivity index (χ1) is 13.9. The molecule has 1 rings (SSSR count). The summed E-state index contributed by atoms with van der Waals surface area (Å²) in [5, 5.41) is 2.91. The number of benzene rings is 1. The predicted octanol–water partition coefficient (Wildman–Crippen LogP) is 5.36. The highest BCUT2D eigenvalue weighted by Gasteiger charge is 2.33. The molecule has 0 unspecified atom stereocenters. The standard InChI is InChI=1S/C23H37NO5/c1-6-10-11-14-23(5,29-16-8-3)22(26)24-18-12-13-20(28-15-7-2)19(17-18)21(25)27-9-4/h12-13,17H,6-11,14-16H2,1-5H3,(H,24,26)/t23-/m1/s1. The second kappa shape index (κ2) is 13.2. The van der Waals surface area contributed by atoms with Crippen molar-refractivity contribution in [1.82, 2.24) is 0 Å². The summed E-state index contributed by atoms with van der Waals surface area (Å²) >= 11 is 0. The van der Waals surface area contributed by atoms with Crippen LogP contribution < -0.4 is 10.1 Å². The fourth-order valence-corrected chi connectivity index (χ4v) is 2.87. The van der Waals surface area contributed by atoms with Crippen molar-refractivity contribution in [3.8, 4) is 5.75 Å². The Labute approximate surface area is 175 Å². The van der Waals surface area contributed by atoms with Gasteiger partial charge in [0, 0.05) is 12.3 Å². The Bertz CT molecular complexity index is 646. The molecular formula is C23H37NO5. The lowest BCUT2D eigenvalue weighted by molar-refractivity contribution is -0.140. The van der Waals surface area contributed by atoms with E-state index < -0.39 is 11.6 Å². The molecule has 0 aliphatic carbocycles. The molecule has 0 spiro atoms. The lowest BCUT2D eigenvalue weighted by Crippen LogP contribution is -2.43. The van der Waals surface area contributed by atoms with Crippen molar-refractivity contribution >= 4 is 17.6 Å². The maximum atomic E-state index is 13.0. The second-order valence-corrected chi connectivity index (χ2v) is 7.27. The highest BCUT2D eigenvalue weighted by atomic mass is 16.5. The van der Waals surface area contributed by atoms with E-state index in [1.807, 2.05) is 20.8 Å². The molecule has 29 heavy (non-hydrogen) atoms. The third-order valence-electron chi connectivity index (χ3n) is 4.56. The Kier molecular flexibility index (Phi) is 11.4. The van der Waals surface area contributed by atoms with Crippen molar-refractivity contribution < 1.29 is 23.8 Å². The minimum atomic E-state index is -0.910. The number of unbranched alkanes of at least 4 members (excludes halogenated alkanes) is 2. The second-order valence-electron chi connectivity index (χ2n) is 7.27. The molecule has 0 saturated heterocycles. The number of amides is 1. The quantitative estimate of drug-likeness (QED) is 0.332. The Balaban J connectivity index is 3.03. The van der Waals surface area contributed by atoms with Crippen molar-refractivity contribution in [2.75, 3.05) is 25.1 Å². The average molecular weight is 408 g/mol. The minimum Gasteiger partial charge on any atom is -0.493 e. The van der Waals surface area contributed by atoms with Crippen molar-refractivity contribution in [3.05, 3.63) is 23.8 Å². The van der Waals surface area contributed by atoms with Crippen LogP contribution in [0, 0.1) is 0 Å². The third kappa shape index (κ3) is 8.05. The SMILES string of the molecule is CCCCC[C@@](C)(OCCC)C(=O)Nc1ccc(OCCC)c(C(=O)OCC)c1. The van der Waals surface area contributed by atoms with Gasteiger partial charge in [-0.2, -0.15) is 0 Å². The van der Waals surface area contributed by atoms with Gasteiger partial charge in [0.05, 0.1) is 13.2 Å². The molecule has 0 radical (unpaired) electrons. The van der Waals surface area contributed by atoms with E-state index in [0.29, 0.717) is 36.6 Å². The van der Waals surface area contributed by atoms with Crippen LogP contribution in [0.2, 0.25) is 0 Å². The van der Waals surface area contributed by atoms with Crippen molar-refractivity contribution in [2.24, 2.45) is 0 Å². The summed E-state index contributed by atoms with van der Waals surface area (Å²) in [6, 6.07) is 5.03. The Morgan fingerprint density at radius 1 is 1.00 bits per heavy atom. The number of esters is 1. The van der Waals surface area contributed by atoms with E-state index in [9.17, 15) is 9.59 Å². The van der Waals surface area contributed by atoms with Crippen LogP contribution in [-0.4, -0.2) is 37.3 Å². The fraction of sp³-hybridized carbons (Fsp3) is 0.652. The summed E-state index contributed by atoms with van der Waals surface area (Å²) in [7, 11) is 0. The van der Waals surface area contributed by atoms with Crippen molar-refractivity contribution in [3.63, 3.8) is 0 Å². The Hall–Kier alpha value is -2.08. The number of nitrogens with one attached hydrogen (secondary N) is 1. The lowest BCUT2D eigenvalue weighted by Gasteiger charge is -2.29. The number of anilines is 1. The molecule has 1 atom stereocenters. The molecular weight excluding hydrogens is 370 g/mol. The summed E-state index contributed by atoms with van der Waals surface area (Å²) in [6.07, 6.45) is 5.36. The zero-order valence-corrected chi connectivity index (χ0v) is 18.6. The molecule has 0 fully saturated rings. The maximum Gasteiger partial charge on any atom is 0.341 e. The fourth-order valence-electron chi connectivity index (χ4n) is 2.87. The van der Waals surface area contributed by atoms with Crippen LogP contribution in [0.1, 0.15) is 83.5 Å². The van der Waals surface area contributed by atoms with Gasteiger partial charge in [-0.25, -0.2) is 4.79 Å². The molecule has 6 nitrogen and oxygen atoms in total. The molecule has 1 aromatic carbocycles. The van der Waals surface area contributed by atoms with Crippen LogP contribution in [0.3, 0.4) is 0 Å². The van der Waals surface area contributed by atoms with Gasteiger partial charge in [-0.3, -0.25) is 4.79 Å². The first kappa shape index (κ1) is 25.0. The van der Waals surface area contributed by atoms with Crippen LogP contribution in [0.15, 0.2) is 18.2 Å². The van der Waals surface area contributed by atoms with Crippen LogP contribution in [0.4, 0.5) is 5.69 Å². The smallest absolute Gasteiger partial charge is 0.341 e. The van der Waals surface area contributed by atoms with Gasteiger partial charge in [-0.05, 0) is 51.3 Å². The van der Waals surface area contributed by atoms with Gasteiger partial charge < -0.3 is 19.5 Å². The zero-order chi connectivity index (χ0) is 21.7. The zero-order valence-electron chi connectivity index (χ0n) is 18.6. The topological polar surface area (TPSA) is 73.9 Å². The number of hydrogen-bond acceptors (Lipinski definition) is 5. The number of rotatable bonds is 14. The highest BCUT2D eigenvalue weighted by molar-refractivity contribution is 5.99. The van der Waals surface area contributed by atoms with Gasteiger partial charge in [-0.1, -0.05) is 40.0 Å². The summed E-state index contributed by atoms with van der Waals surface area (Å²) in [5.74, 6) is -0.224. The molecule has 0 heterocycles. The van der Waals surface area contributed by atoms with Crippen molar-refractivity contribution in [2.45, 2.75) is 78.7 Å². The van der Waals surface area contributed by atoms with E-state index >= 15 is 0 Å². The van der Waals surface area contributed by atoms with Crippen LogP contribution in [0.25, 0.3) is 0 Å². The van der Waals surface area contributed by atoms with Crippen LogP contribution in [-0.2, 0) is 14.3 Å². The van der Waals surface area contributed by atoms with Crippen LogP contribution in [0.5, 0.6) is 5.75 Å². The van der Waals surface area contributed by atoms with E-state index in [1.54, 1.807) is 25.1 Å². The molecule has 6 heteroatoms. The molecule has 0 saturated carbocycles. The highest BCUT2D eigenvalue weighted by Crippen LogP contribution is 2.27. The molecule has 0 bridgehead atoms.